The third kappa shape index (κ3) is 3.74. The van der Waals surface area contributed by atoms with Gasteiger partial charge in [0.2, 0.25) is 0 Å². The highest BCUT2D eigenvalue weighted by Crippen LogP contribution is 2.22. The van der Waals surface area contributed by atoms with Gasteiger partial charge in [-0.1, -0.05) is 6.07 Å². The van der Waals surface area contributed by atoms with Gasteiger partial charge >= 0.3 is 0 Å². The minimum Gasteiger partial charge on any atom is -0.353 e. The van der Waals surface area contributed by atoms with Gasteiger partial charge in [-0.3, -0.25) is 0 Å². The summed E-state index contributed by atoms with van der Waals surface area (Å²) in [6, 6.07) is 5.75. The van der Waals surface area contributed by atoms with Crippen molar-refractivity contribution >= 4 is 5.82 Å². The molecule has 0 spiro atoms. The van der Waals surface area contributed by atoms with Gasteiger partial charge in [-0.05, 0) is 58.3 Å². The number of nitrogens with zero attached hydrogens (tertiary/aromatic N) is 3. The fourth-order valence-corrected chi connectivity index (χ4v) is 3.18. The quantitative estimate of drug-likeness (QED) is 0.920. The molecule has 0 radical (unpaired) electrons. The van der Waals surface area contributed by atoms with Crippen molar-refractivity contribution in [2.75, 3.05) is 31.6 Å². The van der Waals surface area contributed by atoms with Crippen molar-refractivity contribution in [3.63, 3.8) is 0 Å². The summed E-state index contributed by atoms with van der Waals surface area (Å²) >= 11 is 0. The van der Waals surface area contributed by atoms with Crippen LogP contribution in [0.25, 0.3) is 0 Å². The second-order valence-electron chi connectivity index (χ2n) is 6.73. The van der Waals surface area contributed by atoms with Crippen molar-refractivity contribution in [3.05, 3.63) is 23.4 Å². The Morgan fingerprint density at radius 2 is 2.10 bits per heavy atom. The van der Waals surface area contributed by atoms with E-state index in [1.165, 1.54) is 37.1 Å². The topological polar surface area (TPSA) is 31.4 Å². The van der Waals surface area contributed by atoms with Gasteiger partial charge in [-0.15, -0.1) is 0 Å². The largest absolute Gasteiger partial charge is 0.353 e. The van der Waals surface area contributed by atoms with Gasteiger partial charge in [0.05, 0.1) is 0 Å². The van der Waals surface area contributed by atoms with E-state index in [-0.39, 0.29) is 0 Å². The molecule has 1 saturated carbocycles. The van der Waals surface area contributed by atoms with E-state index in [1.54, 1.807) is 0 Å². The van der Waals surface area contributed by atoms with Crippen LogP contribution in [-0.2, 0) is 6.54 Å². The van der Waals surface area contributed by atoms with Crippen molar-refractivity contribution in [1.82, 2.24) is 15.2 Å². The highest BCUT2D eigenvalue weighted by Gasteiger charge is 2.22. The number of aromatic nitrogens is 1. The number of pyridine rings is 1. The molecule has 1 N–H and O–H groups in total. The van der Waals surface area contributed by atoms with E-state index in [0.29, 0.717) is 6.04 Å². The summed E-state index contributed by atoms with van der Waals surface area (Å²) in [6.07, 6.45) is 3.89. The van der Waals surface area contributed by atoms with Crippen LogP contribution in [0.1, 0.15) is 37.4 Å². The van der Waals surface area contributed by atoms with E-state index in [9.17, 15) is 0 Å². The van der Waals surface area contributed by atoms with Gasteiger partial charge in [-0.2, -0.15) is 0 Å². The highest BCUT2D eigenvalue weighted by molar-refractivity contribution is 5.43. The van der Waals surface area contributed by atoms with Gasteiger partial charge in [-0.25, -0.2) is 4.98 Å². The summed E-state index contributed by atoms with van der Waals surface area (Å²) in [6.45, 7) is 8.82. The molecule has 2 heterocycles. The second-order valence-corrected chi connectivity index (χ2v) is 6.73. The molecule has 4 heteroatoms. The summed E-state index contributed by atoms with van der Waals surface area (Å²) < 4.78 is 0. The third-order valence-corrected chi connectivity index (χ3v) is 4.68. The molecule has 0 aromatic carbocycles. The van der Waals surface area contributed by atoms with Crippen LogP contribution in [0.2, 0.25) is 0 Å². The van der Waals surface area contributed by atoms with Gasteiger partial charge in [0.15, 0.2) is 0 Å². The van der Waals surface area contributed by atoms with E-state index in [1.807, 2.05) is 0 Å². The monoisotopic (exact) mass is 288 g/mol. The Bertz CT molecular complexity index is 484. The molecule has 1 unspecified atom stereocenters. The van der Waals surface area contributed by atoms with Gasteiger partial charge < -0.3 is 15.1 Å². The minimum absolute atomic E-state index is 0.528. The third-order valence-electron chi connectivity index (χ3n) is 4.68. The van der Waals surface area contributed by atoms with Crippen LogP contribution in [0.4, 0.5) is 5.82 Å². The number of nitrogens with one attached hydrogen (secondary N) is 1. The number of hydrogen-bond acceptors (Lipinski definition) is 4. The zero-order chi connectivity index (χ0) is 14.8. The van der Waals surface area contributed by atoms with Gasteiger partial charge in [0, 0.05) is 37.4 Å². The van der Waals surface area contributed by atoms with Crippen molar-refractivity contribution in [2.24, 2.45) is 0 Å². The van der Waals surface area contributed by atoms with Crippen molar-refractivity contribution < 1.29 is 0 Å². The minimum atomic E-state index is 0.528. The Morgan fingerprint density at radius 1 is 1.29 bits per heavy atom. The summed E-state index contributed by atoms with van der Waals surface area (Å²) in [5.74, 6) is 1.14. The molecular weight excluding hydrogens is 260 g/mol. The molecule has 1 aromatic rings. The molecule has 3 rings (SSSR count). The van der Waals surface area contributed by atoms with Crippen molar-refractivity contribution in [3.8, 4) is 0 Å². The molecule has 2 aliphatic rings. The molecule has 1 atom stereocenters. The highest BCUT2D eigenvalue weighted by atomic mass is 15.3. The average Bonchev–Trinajstić information content (AvgIpc) is 3.26. The molecule has 0 amide bonds. The maximum Gasteiger partial charge on any atom is 0.129 e. The standard InChI is InChI=1S/C17H28N4/c1-13-12-20(3)9-4-10-21(13)17-8-5-15(14(2)19-17)11-18-16-6-7-16/h5,8,13,16,18H,4,6-7,9-12H2,1-3H3. The van der Waals surface area contributed by atoms with Gasteiger partial charge in [0.25, 0.3) is 0 Å². The summed E-state index contributed by atoms with van der Waals surface area (Å²) in [4.78, 5) is 9.77. The first-order chi connectivity index (χ1) is 10.1. The molecule has 1 aliphatic heterocycles. The van der Waals surface area contributed by atoms with Crippen molar-refractivity contribution in [2.45, 2.75) is 51.7 Å². The second kappa shape index (κ2) is 6.32. The number of hydrogen-bond donors (Lipinski definition) is 1. The number of likely N-dealkylation sites (N-methyl/N-ethyl adjacent to an activating group) is 1. The van der Waals surface area contributed by atoms with Gasteiger partial charge in [0.1, 0.15) is 5.82 Å². The molecule has 0 bridgehead atoms. The fraction of sp³-hybridized carbons (Fsp3) is 0.706. The average molecular weight is 288 g/mol. The maximum absolute atomic E-state index is 4.88. The summed E-state index contributed by atoms with van der Waals surface area (Å²) in [5, 5.41) is 3.58. The smallest absolute Gasteiger partial charge is 0.129 e. The lowest BCUT2D eigenvalue weighted by Crippen LogP contribution is -2.38. The van der Waals surface area contributed by atoms with Crippen LogP contribution in [0.3, 0.4) is 0 Å². The molecule has 1 aromatic heterocycles. The van der Waals surface area contributed by atoms with Crippen LogP contribution in [0.15, 0.2) is 12.1 Å². The lowest BCUT2D eigenvalue weighted by atomic mass is 10.2. The first-order valence-electron chi connectivity index (χ1n) is 8.28. The lowest BCUT2D eigenvalue weighted by Gasteiger charge is -2.29. The first kappa shape index (κ1) is 14.8. The van der Waals surface area contributed by atoms with Crippen LogP contribution >= 0.6 is 0 Å². The number of aryl methyl sites for hydroxylation is 1. The van der Waals surface area contributed by atoms with Crippen LogP contribution in [0.5, 0.6) is 0 Å². The molecule has 116 valence electrons. The summed E-state index contributed by atoms with van der Waals surface area (Å²) in [7, 11) is 2.21. The predicted molar refractivity (Wildman–Crippen MR) is 87.8 cm³/mol. The Labute approximate surface area is 128 Å². The Morgan fingerprint density at radius 3 is 2.81 bits per heavy atom. The Hall–Kier alpha value is -1.13. The Balaban J connectivity index is 1.70. The van der Waals surface area contributed by atoms with Crippen LogP contribution in [0, 0.1) is 6.92 Å². The molecule has 1 aliphatic carbocycles. The SMILES string of the molecule is Cc1nc(N2CCCN(C)CC2C)ccc1CNC1CC1. The van der Waals surface area contributed by atoms with E-state index >= 15 is 0 Å². The Kier molecular flexibility index (Phi) is 4.45. The van der Waals surface area contributed by atoms with Crippen LogP contribution in [-0.4, -0.2) is 48.6 Å². The molecule has 1 saturated heterocycles. The predicted octanol–water partition coefficient (Wildman–Crippen LogP) is 2.17. The van der Waals surface area contributed by atoms with Crippen molar-refractivity contribution in [1.29, 1.82) is 0 Å². The van der Waals surface area contributed by atoms with Crippen LogP contribution < -0.4 is 10.2 Å². The first-order valence-corrected chi connectivity index (χ1v) is 8.28. The molecular formula is C17H28N4. The maximum atomic E-state index is 4.88. The normalized spacial score (nSPS) is 24.1. The molecule has 21 heavy (non-hydrogen) atoms. The lowest BCUT2D eigenvalue weighted by molar-refractivity contribution is 0.337. The molecule has 4 nitrogen and oxygen atoms in total. The van der Waals surface area contributed by atoms with E-state index in [2.05, 4.69) is 48.1 Å². The summed E-state index contributed by atoms with van der Waals surface area (Å²) in [5.41, 5.74) is 2.51. The number of rotatable bonds is 4. The van der Waals surface area contributed by atoms with E-state index in [0.717, 1.165) is 31.5 Å². The molecule has 2 fully saturated rings. The number of anilines is 1. The fourth-order valence-electron chi connectivity index (χ4n) is 3.18. The van der Waals surface area contributed by atoms with E-state index in [4.69, 9.17) is 4.98 Å². The zero-order valence-corrected chi connectivity index (χ0v) is 13.6. The van der Waals surface area contributed by atoms with E-state index < -0.39 is 0 Å². The zero-order valence-electron chi connectivity index (χ0n) is 13.6.